The lowest BCUT2D eigenvalue weighted by molar-refractivity contribution is -0.137. The molecular weight excluding hydrogens is 309 g/mol. The summed E-state index contributed by atoms with van der Waals surface area (Å²) in [4.78, 5) is 15.9. The SMILES string of the molecule is CN=C(NCCNC(=O)c1ccc(C(F)(F)F)cc1)NC1CC1. The van der Waals surface area contributed by atoms with Gasteiger partial charge in [-0.25, -0.2) is 0 Å². The molecule has 1 amide bonds. The van der Waals surface area contributed by atoms with Gasteiger partial charge in [-0.2, -0.15) is 13.2 Å². The number of carbonyl (C=O) groups excluding carboxylic acids is 1. The Labute approximate surface area is 132 Å². The van der Waals surface area contributed by atoms with Crippen LogP contribution in [-0.2, 0) is 6.18 Å². The van der Waals surface area contributed by atoms with Crippen LogP contribution in [0.25, 0.3) is 0 Å². The Morgan fingerprint density at radius 3 is 2.30 bits per heavy atom. The Hall–Kier alpha value is -2.25. The second-order valence-corrected chi connectivity index (χ2v) is 5.25. The molecule has 5 nitrogen and oxygen atoms in total. The van der Waals surface area contributed by atoms with Gasteiger partial charge in [-0.15, -0.1) is 0 Å². The molecule has 23 heavy (non-hydrogen) atoms. The van der Waals surface area contributed by atoms with Crippen LogP contribution in [0.5, 0.6) is 0 Å². The molecule has 0 radical (unpaired) electrons. The molecule has 0 unspecified atom stereocenters. The van der Waals surface area contributed by atoms with E-state index in [1.165, 1.54) is 12.1 Å². The lowest BCUT2D eigenvalue weighted by Gasteiger charge is -2.12. The number of amides is 1. The summed E-state index contributed by atoms with van der Waals surface area (Å²) in [6.07, 6.45) is -2.14. The molecule has 126 valence electrons. The third-order valence-corrected chi connectivity index (χ3v) is 3.32. The third-order valence-electron chi connectivity index (χ3n) is 3.32. The summed E-state index contributed by atoms with van der Waals surface area (Å²) in [6.45, 7) is 0.810. The summed E-state index contributed by atoms with van der Waals surface area (Å²) in [6, 6.07) is 4.60. The van der Waals surface area contributed by atoms with Crippen LogP contribution in [0.4, 0.5) is 13.2 Å². The second-order valence-electron chi connectivity index (χ2n) is 5.25. The fraction of sp³-hybridized carbons (Fsp3) is 0.467. The fourth-order valence-corrected chi connectivity index (χ4v) is 1.89. The van der Waals surface area contributed by atoms with E-state index in [0.29, 0.717) is 25.1 Å². The first-order valence-corrected chi connectivity index (χ1v) is 7.33. The van der Waals surface area contributed by atoms with Gasteiger partial charge in [0.05, 0.1) is 5.56 Å². The van der Waals surface area contributed by atoms with Gasteiger partial charge in [0.2, 0.25) is 0 Å². The van der Waals surface area contributed by atoms with E-state index in [9.17, 15) is 18.0 Å². The van der Waals surface area contributed by atoms with Gasteiger partial charge in [0, 0.05) is 31.7 Å². The molecule has 1 fully saturated rings. The van der Waals surface area contributed by atoms with Crippen molar-refractivity contribution in [3.05, 3.63) is 35.4 Å². The lowest BCUT2D eigenvalue weighted by Crippen LogP contribution is -2.42. The molecule has 1 aliphatic carbocycles. The standard InChI is InChI=1S/C15H19F3N4O/c1-19-14(22-12-6-7-12)21-9-8-20-13(23)10-2-4-11(5-3-10)15(16,17)18/h2-5,12H,6-9H2,1H3,(H,20,23)(H2,19,21,22). The van der Waals surface area contributed by atoms with Crippen molar-refractivity contribution in [1.29, 1.82) is 0 Å². The van der Waals surface area contributed by atoms with Crippen LogP contribution in [0.3, 0.4) is 0 Å². The van der Waals surface area contributed by atoms with Crippen LogP contribution in [0.2, 0.25) is 0 Å². The van der Waals surface area contributed by atoms with E-state index in [1.54, 1.807) is 7.05 Å². The zero-order valence-corrected chi connectivity index (χ0v) is 12.7. The molecule has 1 aromatic rings. The van der Waals surface area contributed by atoms with Crippen molar-refractivity contribution in [2.24, 2.45) is 4.99 Å². The highest BCUT2D eigenvalue weighted by atomic mass is 19.4. The van der Waals surface area contributed by atoms with E-state index in [0.717, 1.165) is 25.0 Å². The van der Waals surface area contributed by atoms with Crippen LogP contribution in [0.1, 0.15) is 28.8 Å². The van der Waals surface area contributed by atoms with Gasteiger partial charge < -0.3 is 16.0 Å². The Balaban J connectivity index is 1.74. The molecular formula is C15H19F3N4O. The summed E-state index contributed by atoms with van der Waals surface area (Å²) < 4.78 is 37.3. The van der Waals surface area contributed by atoms with Gasteiger partial charge in [-0.05, 0) is 37.1 Å². The minimum absolute atomic E-state index is 0.193. The number of rotatable bonds is 5. The number of hydrogen-bond acceptors (Lipinski definition) is 2. The van der Waals surface area contributed by atoms with Crippen LogP contribution < -0.4 is 16.0 Å². The van der Waals surface area contributed by atoms with Gasteiger partial charge >= 0.3 is 6.18 Å². The van der Waals surface area contributed by atoms with Crippen molar-refractivity contribution < 1.29 is 18.0 Å². The van der Waals surface area contributed by atoms with Crippen molar-refractivity contribution >= 4 is 11.9 Å². The summed E-state index contributed by atoms with van der Waals surface area (Å²) in [5, 5.41) is 8.89. The molecule has 8 heteroatoms. The van der Waals surface area contributed by atoms with E-state index in [2.05, 4.69) is 20.9 Å². The number of benzene rings is 1. The highest BCUT2D eigenvalue weighted by molar-refractivity contribution is 5.94. The molecule has 1 aliphatic rings. The number of aliphatic imine (C=N–C) groups is 1. The van der Waals surface area contributed by atoms with Crippen molar-refractivity contribution in [2.45, 2.75) is 25.1 Å². The number of nitrogens with zero attached hydrogens (tertiary/aromatic N) is 1. The number of guanidine groups is 1. The Bertz CT molecular complexity index is 565. The summed E-state index contributed by atoms with van der Waals surface area (Å²) in [5.41, 5.74) is -0.579. The van der Waals surface area contributed by atoms with Crippen molar-refractivity contribution in [3.8, 4) is 0 Å². The average Bonchev–Trinajstić information content (AvgIpc) is 3.33. The number of halogens is 3. The number of nitrogens with one attached hydrogen (secondary N) is 3. The lowest BCUT2D eigenvalue weighted by atomic mass is 10.1. The van der Waals surface area contributed by atoms with E-state index in [1.807, 2.05) is 0 Å². The van der Waals surface area contributed by atoms with Crippen molar-refractivity contribution in [2.75, 3.05) is 20.1 Å². The minimum Gasteiger partial charge on any atom is -0.355 e. The number of carbonyl (C=O) groups is 1. The van der Waals surface area contributed by atoms with Crippen molar-refractivity contribution in [3.63, 3.8) is 0 Å². The van der Waals surface area contributed by atoms with Crippen LogP contribution >= 0.6 is 0 Å². The van der Waals surface area contributed by atoms with Crippen molar-refractivity contribution in [1.82, 2.24) is 16.0 Å². The van der Waals surface area contributed by atoms with E-state index < -0.39 is 17.6 Å². The second kappa shape index (κ2) is 7.34. The molecule has 1 aromatic carbocycles. The topological polar surface area (TPSA) is 65.5 Å². The fourth-order valence-electron chi connectivity index (χ4n) is 1.89. The Morgan fingerprint density at radius 1 is 1.17 bits per heavy atom. The molecule has 2 rings (SSSR count). The Kier molecular flexibility index (Phi) is 5.46. The minimum atomic E-state index is -4.40. The van der Waals surface area contributed by atoms with Gasteiger partial charge in [-0.3, -0.25) is 9.79 Å². The summed E-state index contributed by atoms with van der Waals surface area (Å²) in [5.74, 6) is 0.266. The smallest absolute Gasteiger partial charge is 0.355 e. The predicted octanol–water partition coefficient (Wildman–Crippen LogP) is 1.76. The van der Waals surface area contributed by atoms with E-state index in [4.69, 9.17) is 0 Å². The maximum absolute atomic E-state index is 12.4. The number of hydrogen-bond donors (Lipinski definition) is 3. The van der Waals surface area contributed by atoms with Crippen LogP contribution in [0.15, 0.2) is 29.3 Å². The van der Waals surface area contributed by atoms with Crippen LogP contribution in [0, 0.1) is 0 Å². The quantitative estimate of drug-likeness (QED) is 0.438. The molecule has 0 heterocycles. The first-order valence-electron chi connectivity index (χ1n) is 7.33. The zero-order chi connectivity index (χ0) is 16.9. The molecule has 0 aromatic heterocycles. The highest BCUT2D eigenvalue weighted by Gasteiger charge is 2.30. The van der Waals surface area contributed by atoms with E-state index in [-0.39, 0.29) is 5.56 Å². The summed E-state index contributed by atoms with van der Waals surface area (Å²) >= 11 is 0. The van der Waals surface area contributed by atoms with Gasteiger partial charge in [-0.1, -0.05) is 0 Å². The molecule has 3 N–H and O–H groups in total. The molecule has 0 spiro atoms. The first-order chi connectivity index (χ1) is 10.9. The molecule has 0 atom stereocenters. The molecule has 0 bridgehead atoms. The molecule has 0 saturated heterocycles. The van der Waals surface area contributed by atoms with Gasteiger partial charge in [0.15, 0.2) is 5.96 Å². The number of alkyl halides is 3. The van der Waals surface area contributed by atoms with Gasteiger partial charge in [0.25, 0.3) is 5.91 Å². The normalized spacial score (nSPS) is 15.2. The Morgan fingerprint density at radius 2 is 1.78 bits per heavy atom. The monoisotopic (exact) mass is 328 g/mol. The average molecular weight is 328 g/mol. The highest BCUT2D eigenvalue weighted by Crippen LogP contribution is 2.29. The molecule has 1 saturated carbocycles. The predicted molar refractivity (Wildman–Crippen MR) is 81.3 cm³/mol. The maximum atomic E-state index is 12.4. The largest absolute Gasteiger partial charge is 0.416 e. The van der Waals surface area contributed by atoms with Crippen LogP contribution in [-0.4, -0.2) is 38.0 Å². The molecule has 0 aliphatic heterocycles. The maximum Gasteiger partial charge on any atom is 0.416 e. The summed E-state index contributed by atoms with van der Waals surface area (Å²) in [7, 11) is 1.67. The third kappa shape index (κ3) is 5.46. The zero-order valence-electron chi connectivity index (χ0n) is 12.7. The van der Waals surface area contributed by atoms with Gasteiger partial charge in [0.1, 0.15) is 0 Å². The first kappa shape index (κ1) is 17.1. The van der Waals surface area contributed by atoms with E-state index >= 15 is 0 Å².